The van der Waals surface area contributed by atoms with Gasteiger partial charge in [-0.05, 0) is 25.3 Å². The Morgan fingerprint density at radius 2 is 1.76 bits per heavy atom. The molecule has 104 valence electrons. The van der Waals surface area contributed by atoms with Crippen LogP contribution in [0.2, 0.25) is 0 Å². The van der Waals surface area contributed by atoms with Crippen molar-refractivity contribution in [3.8, 4) is 0 Å². The molecule has 3 N–H and O–H groups in total. The molecule has 0 fully saturated rings. The third-order valence-corrected chi connectivity index (χ3v) is 4.91. The second-order valence-electron chi connectivity index (χ2n) is 4.33. The molecule has 0 aromatic heterocycles. The van der Waals surface area contributed by atoms with Gasteiger partial charge < -0.3 is 5.73 Å². The van der Waals surface area contributed by atoms with E-state index in [0.717, 1.165) is 12.7 Å². The largest absolute Gasteiger partial charge is 0.330 e. The van der Waals surface area contributed by atoms with Crippen LogP contribution in [0.25, 0.3) is 0 Å². The zero-order valence-electron chi connectivity index (χ0n) is 10.3. The summed E-state index contributed by atoms with van der Waals surface area (Å²) in [5, 5.41) is 0. The van der Waals surface area contributed by atoms with E-state index in [1.807, 2.05) is 6.92 Å². The van der Waals surface area contributed by atoms with Crippen molar-refractivity contribution in [2.24, 2.45) is 11.7 Å². The normalized spacial score (nSPS) is 14.8. The number of sulfonamides is 1. The molecule has 0 spiro atoms. The zero-order chi connectivity index (χ0) is 13.5. The van der Waals surface area contributed by atoms with Crippen molar-refractivity contribution in [3.63, 3.8) is 0 Å². The third kappa shape index (κ3) is 10.7. The Bertz CT molecular complexity index is 403. The summed E-state index contributed by atoms with van der Waals surface area (Å²) in [5.41, 5.74) is 5.43. The fraction of sp³-hybridized carbons (Fsp3) is 1.00. The standard InChI is InChI=1S/C9H22N2O4S2/c1-9(8-10)4-3-5-11-17(14,15)7-6-16(2,12)13/h9,11H,3-8,10H2,1-2H3. The average molecular weight is 286 g/mol. The average Bonchev–Trinajstić information content (AvgIpc) is 2.20. The van der Waals surface area contributed by atoms with Crippen LogP contribution < -0.4 is 10.5 Å². The van der Waals surface area contributed by atoms with Gasteiger partial charge in [-0.25, -0.2) is 21.6 Å². The highest BCUT2D eigenvalue weighted by Crippen LogP contribution is 2.02. The van der Waals surface area contributed by atoms with Crippen molar-refractivity contribution in [1.82, 2.24) is 4.72 Å². The molecule has 0 saturated heterocycles. The Balaban J connectivity index is 3.87. The molecule has 1 unspecified atom stereocenters. The van der Waals surface area contributed by atoms with E-state index in [9.17, 15) is 16.8 Å². The van der Waals surface area contributed by atoms with Crippen molar-refractivity contribution in [3.05, 3.63) is 0 Å². The van der Waals surface area contributed by atoms with Crippen molar-refractivity contribution in [1.29, 1.82) is 0 Å². The Labute approximate surface area is 104 Å². The summed E-state index contributed by atoms with van der Waals surface area (Å²) >= 11 is 0. The summed E-state index contributed by atoms with van der Waals surface area (Å²) in [6.07, 6.45) is 2.58. The quantitative estimate of drug-likeness (QED) is 0.546. The molecular formula is C9H22N2O4S2. The summed E-state index contributed by atoms with van der Waals surface area (Å²) in [6.45, 7) is 2.91. The first kappa shape index (κ1) is 16.8. The van der Waals surface area contributed by atoms with Crippen LogP contribution in [0.5, 0.6) is 0 Å². The molecule has 6 nitrogen and oxygen atoms in total. The molecular weight excluding hydrogens is 264 g/mol. The maximum Gasteiger partial charge on any atom is 0.212 e. The molecule has 17 heavy (non-hydrogen) atoms. The van der Waals surface area contributed by atoms with Crippen molar-refractivity contribution in [2.75, 3.05) is 30.9 Å². The van der Waals surface area contributed by atoms with Gasteiger partial charge in [0.2, 0.25) is 10.0 Å². The van der Waals surface area contributed by atoms with E-state index in [2.05, 4.69) is 4.72 Å². The second-order valence-corrected chi connectivity index (χ2v) is 8.51. The lowest BCUT2D eigenvalue weighted by Crippen LogP contribution is -2.30. The number of sulfone groups is 1. The molecule has 0 rings (SSSR count). The molecule has 0 heterocycles. The van der Waals surface area contributed by atoms with Crippen LogP contribution in [0, 0.1) is 5.92 Å². The van der Waals surface area contributed by atoms with Crippen LogP contribution >= 0.6 is 0 Å². The Kier molecular flexibility index (Phi) is 7.22. The number of nitrogens with one attached hydrogen (secondary N) is 1. The minimum atomic E-state index is -3.48. The molecule has 0 aromatic carbocycles. The van der Waals surface area contributed by atoms with Gasteiger partial charge in [-0.1, -0.05) is 6.92 Å². The van der Waals surface area contributed by atoms with Crippen LogP contribution in [-0.2, 0) is 19.9 Å². The van der Waals surface area contributed by atoms with Gasteiger partial charge in [-0.15, -0.1) is 0 Å². The predicted molar refractivity (Wildman–Crippen MR) is 69.0 cm³/mol. The van der Waals surface area contributed by atoms with Gasteiger partial charge in [0, 0.05) is 12.8 Å². The van der Waals surface area contributed by atoms with Gasteiger partial charge in [0.15, 0.2) is 0 Å². The lowest BCUT2D eigenvalue weighted by atomic mass is 10.1. The van der Waals surface area contributed by atoms with Gasteiger partial charge in [-0.3, -0.25) is 0 Å². The fourth-order valence-corrected chi connectivity index (χ4v) is 3.82. The van der Waals surface area contributed by atoms with E-state index < -0.39 is 19.9 Å². The van der Waals surface area contributed by atoms with Gasteiger partial charge >= 0.3 is 0 Å². The number of hydrogen-bond acceptors (Lipinski definition) is 5. The first-order valence-corrected chi connectivity index (χ1v) is 9.22. The fourth-order valence-electron chi connectivity index (χ4n) is 1.13. The van der Waals surface area contributed by atoms with Gasteiger partial charge in [-0.2, -0.15) is 0 Å². The van der Waals surface area contributed by atoms with E-state index in [1.165, 1.54) is 0 Å². The maximum absolute atomic E-state index is 11.4. The lowest BCUT2D eigenvalue weighted by molar-refractivity contribution is 0.513. The molecule has 0 aromatic rings. The van der Waals surface area contributed by atoms with Crippen LogP contribution in [0.1, 0.15) is 19.8 Å². The van der Waals surface area contributed by atoms with Crippen LogP contribution in [0.4, 0.5) is 0 Å². The monoisotopic (exact) mass is 286 g/mol. The molecule has 1 atom stereocenters. The Morgan fingerprint density at radius 1 is 1.18 bits per heavy atom. The third-order valence-electron chi connectivity index (χ3n) is 2.32. The first-order valence-electron chi connectivity index (χ1n) is 5.51. The van der Waals surface area contributed by atoms with E-state index in [4.69, 9.17) is 5.73 Å². The van der Waals surface area contributed by atoms with Crippen molar-refractivity contribution in [2.45, 2.75) is 19.8 Å². The summed E-state index contributed by atoms with van der Waals surface area (Å²) in [6, 6.07) is 0. The van der Waals surface area contributed by atoms with Crippen LogP contribution in [0.3, 0.4) is 0 Å². The molecule has 8 heteroatoms. The van der Waals surface area contributed by atoms with Crippen LogP contribution in [-0.4, -0.2) is 47.7 Å². The summed E-state index contributed by atoms with van der Waals surface area (Å²) < 4.78 is 46.8. The maximum atomic E-state index is 11.4. The second kappa shape index (κ2) is 7.30. The topological polar surface area (TPSA) is 106 Å². The summed E-state index contributed by atoms with van der Waals surface area (Å²) in [5.74, 6) is -0.352. The van der Waals surface area contributed by atoms with E-state index >= 15 is 0 Å². The molecule has 0 aliphatic rings. The summed E-state index contributed by atoms with van der Waals surface area (Å²) in [7, 11) is -6.72. The minimum absolute atomic E-state index is 0.330. The SMILES string of the molecule is CC(CN)CCCNS(=O)(=O)CCS(C)(=O)=O. The van der Waals surface area contributed by atoms with Gasteiger partial charge in [0.1, 0.15) is 9.84 Å². The molecule has 0 radical (unpaired) electrons. The highest BCUT2D eigenvalue weighted by Gasteiger charge is 2.13. The van der Waals surface area contributed by atoms with Gasteiger partial charge in [0.05, 0.1) is 11.5 Å². The number of nitrogens with two attached hydrogens (primary N) is 1. The predicted octanol–water partition coefficient (Wildman–Crippen LogP) is -0.675. The van der Waals surface area contributed by atoms with E-state index in [1.54, 1.807) is 0 Å². The van der Waals surface area contributed by atoms with Crippen molar-refractivity contribution >= 4 is 19.9 Å². The lowest BCUT2D eigenvalue weighted by Gasteiger charge is -2.09. The molecule has 0 bridgehead atoms. The molecule has 0 amide bonds. The smallest absolute Gasteiger partial charge is 0.212 e. The zero-order valence-corrected chi connectivity index (χ0v) is 12.0. The van der Waals surface area contributed by atoms with E-state index in [-0.39, 0.29) is 11.5 Å². The van der Waals surface area contributed by atoms with E-state index in [0.29, 0.717) is 25.4 Å². The Hall–Kier alpha value is -0.180. The van der Waals surface area contributed by atoms with Gasteiger partial charge in [0.25, 0.3) is 0 Å². The summed E-state index contributed by atoms with van der Waals surface area (Å²) in [4.78, 5) is 0. The number of rotatable bonds is 9. The molecule has 0 aliphatic heterocycles. The highest BCUT2D eigenvalue weighted by atomic mass is 32.2. The Morgan fingerprint density at radius 3 is 2.24 bits per heavy atom. The first-order chi connectivity index (χ1) is 7.66. The van der Waals surface area contributed by atoms with Crippen LogP contribution in [0.15, 0.2) is 0 Å². The number of hydrogen-bond donors (Lipinski definition) is 2. The molecule has 0 saturated carbocycles. The molecule has 0 aliphatic carbocycles. The van der Waals surface area contributed by atoms with Crippen molar-refractivity contribution < 1.29 is 16.8 Å². The highest BCUT2D eigenvalue weighted by molar-refractivity contribution is 7.93. The minimum Gasteiger partial charge on any atom is -0.330 e.